The van der Waals surface area contributed by atoms with Crippen molar-refractivity contribution >= 4 is 17.6 Å². The number of rotatable bonds is 3. The van der Waals surface area contributed by atoms with Gasteiger partial charge in [-0.15, -0.1) is 11.3 Å². The standard InChI is InChI=1S/C11H7FO2S/c12-9-5-11(15-7-9)14-10-3-1-8(6-13)2-4-10/h1-7H. The van der Waals surface area contributed by atoms with Crippen LogP contribution in [0.5, 0.6) is 10.8 Å². The monoisotopic (exact) mass is 222 g/mol. The van der Waals surface area contributed by atoms with Gasteiger partial charge in [0, 0.05) is 17.0 Å². The van der Waals surface area contributed by atoms with E-state index in [0.29, 0.717) is 16.4 Å². The third-order valence-electron chi connectivity index (χ3n) is 1.78. The molecular weight excluding hydrogens is 215 g/mol. The largest absolute Gasteiger partial charge is 0.447 e. The van der Waals surface area contributed by atoms with Crippen LogP contribution >= 0.6 is 11.3 Å². The number of halogens is 1. The molecule has 0 N–H and O–H groups in total. The van der Waals surface area contributed by atoms with E-state index in [2.05, 4.69) is 0 Å². The maximum Gasteiger partial charge on any atom is 0.183 e. The third kappa shape index (κ3) is 2.41. The van der Waals surface area contributed by atoms with Gasteiger partial charge in [0.2, 0.25) is 0 Å². The van der Waals surface area contributed by atoms with Gasteiger partial charge in [0.1, 0.15) is 17.9 Å². The number of carbonyl (C=O) groups is 1. The lowest BCUT2D eigenvalue weighted by Crippen LogP contribution is -1.82. The Morgan fingerprint density at radius 1 is 1.27 bits per heavy atom. The Morgan fingerprint density at radius 3 is 2.53 bits per heavy atom. The first-order valence-electron chi connectivity index (χ1n) is 4.25. The highest BCUT2D eigenvalue weighted by molar-refractivity contribution is 7.11. The average Bonchev–Trinajstić information content (AvgIpc) is 2.65. The molecule has 0 atom stereocenters. The number of thiophene rings is 1. The SMILES string of the molecule is O=Cc1ccc(Oc2cc(F)cs2)cc1. The molecule has 2 aromatic rings. The van der Waals surface area contributed by atoms with Crippen molar-refractivity contribution in [3.63, 3.8) is 0 Å². The molecule has 2 rings (SSSR count). The lowest BCUT2D eigenvalue weighted by molar-refractivity contribution is 0.112. The van der Waals surface area contributed by atoms with Crippen molar-refractivity contribution in [2.24, 2.45) is 0 Å². The van der Waals surface area contributed by atoms with Gasteiger partial charge in [-0.2, -0.15) is 0 Å². The molecular formula is C11H7FO2S. The second-order valence-electron chi connectivity index (χ2n) is 2.87. The van der Waals surface area contributed by atoms with E-state index in [0.717, 1.165) is 6.29 Å². The highest BCUT2D eigenvalue weighted by Gasteiger charge is 2.01. The summed E-state index contributed by atoms with van der Waals surface area (Å²) in [4.78, 5) is 10.4. The van der Waals surface area contributed by atoms with E-state index in [1.54, 1.807) is 24.3 Å². The fraction of sp³-hybridized carbons (Fsp3) is 0. The zero-order valence-corrected chi connectivity index (χ0v) is 8.46. The summed E-state index contributed by atoms with van der Waals surface area (Å²) in [5.74, 6) is 0.280. The molecule has 1 aromatic carbocycles. The summed E-state index contributed by atoms with van der Waals surface area (Å²) < 4.78 is 18.0. The Labute approximate surface area is 89.9 Å². The minimum absolute atomic E-state index is 0.306. The zero-order chi connectivity index (χ0) is 10.7. The number of hydrogen-bond donors (Lipinski definition) is 0. The van der Waals surface area contributed by atoms with E-state index in [1.807, 2.05) is 0 Å². The summed E-state index contributed by atoms with van der Waals surface area (Å²) in [6.45, 7) is 0. The van der Waals surface area contributed by atoms with Gasteiger partial charge in [0.15, 0.2) is 5.06 Å². The molecule has 76 valence electrons. The van der Waals surface area contributed by atoms with E-state index in [4.69, 9.17) is 4.74 Å². The molecule has 0 saturated heterocycles. The van der Waals surface area contributed by atoms with Crippen LogP contribution in [-0.2, 0) is 0 Å². The van der Waals surface area contributed by atoms with Gasteiger partial charge in [-0.1, -0.05) is 0 Å². The maximum absolute atomic E-state index is 12.6. The summed E-state index contributed by atoms with van der Waals surface area (Å²) in [5, 5.41) is 1.86. The molecule has 0 spiro atoms. The van der Waals surface area contributed by atoms with Crippen LogP contribution in [0.25, 0.3) is 0 Å². The van der Waals surface area contributed by atoms with Gasteiger partial charge in [0.25, 0.3) is 0 Å². The number of hydrogen-bond acceptors (Lipinski definition) is 3. The number of benzene rings is 1. The molecule has 0 aliphatic rings. The van der Waals surface area contributed by atoms with Gasteiger partial charge in [-0.3, -0.25) is 4.79 Å². The molecule has 0 radical (unpaired) electrons. The molecule has 0 bridgehead atoms. The van der Waals surface area contributed by atoms with E-state index in [9.17, 15) is 9.18 Å². The van der Waals surface area contributed by atoms with Crippen LogP contribution in [-0.4, -0.2) is 6.29 Å². The molecule has 0 amide bonds. The van der Waals surface area contributed by atoms with Crippen molar-refractivity contribution < 1.29 is 13.9 Å². The fourth-order valence-electron chi connectivity index (χ4n) is 1.08. The molecule has 4 heteroatoms. The molecule has 0 unspecified atom stereocenters. The first-order chi connectivity index (χ1) is 7.28. The summed E-state index contributed by atoms with van der Waals surface area (Å²) in [6, 6.07) is 7.94. The summed E-state index contributed by atoms with van der Waals surface area (Å²) in [7, 11) is 0. The van der Waals surface area contributed by atoms with E-state index in [1.165, 1.54) is 22.8 Å². The van der Waals surface area contributed by atoms with Crippen LogP contribution < -0.4 is 4.74 Å². The van der Waals surface area contributed by atoms with Crippen molar-refractivity contribution in [2.75, 3.05) is 0 Å². The zero-order valence-electron chi connectivity index (χ0n) is 7.64. The van der Waals surface area contributed by atoms with Crippen LogP contribution in [0.1, 0.15) is 10.4 Å². The Balaban J connectivity index is 2.14. The maximum atomic E-state index is 12.6. The second-order valence-corrected chi connectivity index (χ2v) is 3.75. The predicted octanol–water partition coefficient (Wildman–Crippen LogP) is 3.49. The smallest absolute Gasteiger partial charge is 0.183 e. The molecule has 0 saturated carbocycles. The molecule has 0 fully saturated rings. The Bertz CT molecular complexity index is 462. The lowest BCUT2D eigenvalue weighted by atomic mass is 10.2. The van der Waals surface area contributed by atoms with Crippen LogP contribution in [0, 0.1) is 5.82 Å². The molecule has 1 aromatic heterocycles. The summed E-state index contributed by atoms with van der Waals surface area (Å²) in [5.41, 5.74) is 0.583. The first kappa shape index (κ1) is 9.86. The third-order valence-corrected chi connectivity index (χ3v) is 2.55. The molecule has 15 heavy (non-hydrogen) atoms. The fourth-order valence-corrected chi connectivity index (χ4v) is 1.70. The van der Waals surface area contributed by atoms with Crippen molar-refractivity contribution in [2.45, 2.75) is 0 Å². The highest BCUT2D eigenvalue weighted by atomic mass is 32.1. The number of aldehydes is 1. The summed E-state index contributed by atoms with van der Waals surface area (Å²) >= 11 is 1.19. The van der Waals surface area contributed by atoms with Gasteiger partial charge >= 0.3 is 0 Å². The molecule has 0 aliphatic heterocycles. The van der Waals surface area contributed by atoms with E-state index < -0.39 is 0 Å². The predicted molar refractivity (Wildman–Crippen MR) is 56.2 cm³/mol. The highest BCUT2D eigenvalue weighted by Crippen LogP contribution is 2.27. The molecule has 1 heterocycles. The Morgan fingerprint density at radius 2 is 2.00 bits per heavy atom. The molecule has 2 nitrogen and oxygen atoms in total. The van der Waals surface area contributed by atoms with Crippen molar-refractivity contribution in [1.29, 1.82) is 0 Å². The van der Waals surface area contributed by atoms with Crippen LogP contribution in [0.15, 0.2) is 35.7 Å². The minimum atomic E-state index is -0.306. The van der Waals surface area contributed by atoms with Gasteiger partial charge in [-0.05, 0) is 24.3 Å². The van der Waals surface area contributed by atoms with Crippen LogP contribution in [0.2, 0.25) is 0 Å². The van der Waals surface area contributed by atoms with Crippen molar-refractivity contribution in [3.05, 3.63) is 47.1 Å². The Kier molecular flexibility index (Phi) is 2.78. The van der Waals surface area contributed by atoms with E-state index in [-0.39, 0.29) is 5.82 Å². The molecule has 0 aliphatic carbocycles. The number of ether oxygens (including phenoxy) is 1. The average molecular weight is 222 g/mol. The number of carbonyl (C=O) groups excluding carboxylic acids is 1. The van der Waals surface area contributed by atoms with Gasteiger partial charge < -0.3 is 4.74 Å². The first-order valence-corrected chi connectivity index (χ1v) is 5.13. The topological polar surface area (TPSA) is 26.3 Å². The van der Waals surface area contributed by atoms with Crippen LogP contribution in [0.3, 0.4) is 0 Å². The quantitative estimate of drug-likeness (QED) is 0.743. The van der Waals surface area contributed by atoms with Gasteiger partial charge in [-0.25, -0.2) is 4.39 Å². The summed E-state index contributed by atoms with van der Waals surface area (Å²) in [6.07, 6.45) is 0.759. The van der Waals surface area contributed by atoms with E-state index >= 15 is 0 Å². The second kappa shape index (κ2) is 4.23. The van der Waals surface area contributed by atoms with Crippen molar-refractivity contribution in [1.82, 2.24) is 0 Å². The van der Waals surface area contributed by atoms with Crippen LogP contribution in [0.4, 0.5) is 4.39 Å². The lowest BCUT2D eigenvalue weighted by Gasteiger charge is -2.01. The minimum Gasteiger partial charge on any atom is -0.447 e. The Hall–Kier alpha value is -1.68. The van der Waals surface area contributed by atoms with Gasteiger partial charge in [0.05, 0.1) is 0 Å². The van der Waals surface area contributed by atoms with Crippen molar-refractivity contribution in [3.8, 4) is 10.8 Å². The normalized spacial score (nSPS) is 9.93.